The molecule has 0 saturated heterocycles. The Labute approximate surface area is 150 Å². The molecule has 0 aromatic carbocycles. The van der Waals surface area contributed by atoms with Crippen molar-refractivity contribution in [3.05, 3.63) is 45.6 Å². The van der Waals surface area contributed by atoms with Crippen LogP contribution in [-0.2, 0) is 26.2 Å². The molecule has 0 unspecified atom stereocenters. The maximum Gasteiger partial charge on any atom is 2.00 e. The van der Waals surface area contributed by atoms with Gasteiger partial charge in [0.1, 0.15) is 0 Å². The monoisotopic (exact) mass is 376 g/mol. The Kier molecular flexibility index (Phi) is 14.3. The standard InChI is InChI=1S/2C8H11.2ClH.Zr/c2*1-6-4-5-7(2)8(6)3;;;/h2*4H2,1-3H3;2*1H;/q2*-1;;;+2. The average Bonchev–Trinajstić information content (AvgIpc) is 2.70. The molecule has 0 aliphatic heterocycles. The fourth-order valence-corrected chi connectivity index (χ4v) is 1.70. The third-order valence-corrected chi connectivity index (χ3v) is 3.64. The molecule has 2 rings (SSSR count). The van der Waals surface area contributed by atoms with Gasteiger partial charge in [-0.15, -0.1) is 51.5 Å². The molecular weight excluding hydrogens is 354 g/mol. The minimum atomic E-state index is 0. The third-order valence-electron chi connectivity index (χ3n) is 3.64. The molecule has 0 aromatic rings. The Bertz CT molecular complexity index is 361. The van der Waals surface area contributed by atoms with Crippen molar-refractivity contribution in [3.63, 3.8) is 0 Å². The zero-order chi connectivity index (χ0) is 12.3. The van der Waals surface area contributed by atoms with Crippen LogP contribution in [0.4, 0.5) is 0 Å². The maximum atomic E-state index is 3.26. The van der Waals surface area contributed by atoms with E-state index in [2.05, 4.69) is 53.7 Å². The van der Waals surface area contributed by atoms with Crippen molar-refractivity contribution >= 4 is 24.8 Å². The van der Waals surface area contributed by atoms with Gasteiger partial charge in [-0.1, -0.05) is 27.7 Å². The summed E-state index contributed by atoms with van der Waals surface area (Å²) in [6.45, 7) is 12.9. The van der Waals surface area contributed by atoms with E-state index in [-0.39, 0.29) is 51.0 Å². The van der Waals surface area contributed by atoms with Gasteiger partial charge in [0.25, 0.3) is 0 Å². The minimum absolute atomic E-state index is 0. The predicted molar refractivity (Wildman–Crippen MR) is 85.3 cm³/mol. The summed E-state index contributed by atoms with van der Waals surface area (Å²) in [5, 5.41) is 0. The van der Waals surface area contributed by atoms with E-state index < -0.39 is 0 Å². The molecule has 106 valence electrons. The van der Waals surface area contributed by atoms with Crippen LogP contribution in [0, 0.1) is 12.2 Å². The molecule has 0 heterocycles. The summed E-state index contributed by atoms with van der Waals surface area (Å²) >= 11 is 0. The average molecular weight is 378 g/mol. The third kappa shape index (κ3) is 7.12. The van der Waals surface area contributed by atoms with Gasteiger partial charge >= 0.3 is 26.2 Å². The van der Waals surface area contributed by atoms with Crippen molar-refractivity contribution in [2.75, 3.05) is 0 Å². The van der Waals surface area contributed by atoms with Crippen molar-refractivity contribution in [3.8, 4) is 0 Å². The Hall–Kier alpha value is 0.423. The van der Waals surface area contributed by atoms with E-state index in [4.69, 9.17) is 0 Å². The second-order valence-corrected chi connectivity index (χ2v) is 4.77. The smallest absolute Gasteiger partial charge is 0.269 e. The largest absolute Gasteiger partial charge is 2.00 e. The van der Waals surface area contributed by atoms with Gasteiger partial charge in [-0.05, 0) is 0 Å². The summed E-state index contributed by atoms with van der Waals surface area (Å²) in [7, 11) is 0. The first-order chi connectivity index (χ1) is 7.43. The molecule has 0 nitrogen and oxygen atoms in total. The second kappa shape index (κ2) is 11.1. The van der Waals surface area contributed by atoms with E-state index in [0.717, 1.165) is 12.8 Å². The summed E-state index contributed by atoms with van der Waals surface area (Å²) < 4.78 is 0. The SMILES string of the molecule is CC1=[C-]CC(C)=C1C.CC1=[C-]CC(C)=C1C.Cl.Cl.[Zr+2]. The fraction of sp³-hybridized carbons (Fsp3) is 0.500. The van der Waals surface area contributed by atoms with Crippen LogP contribution >= 0.6 is 24.8 Å². The number of rotatable bonds is 0. The minimum Gasteiger partial charge on any atom is -0.269 e. The van der Waals surface area contributed by atoms with Crippen LogP contribution in [0.5, 0.6) is 0 Å². The van der Waals surface area contributed by atoms with Gasteiger partial charge in [0, 0.05) is 0 Å². The van der Waals surface area contributed by atoms with Crippen LogP contribution in [0.1, 0.15) is 54.4 Å². The molecule has 0 atom stereocenters. The molecule has 2 aliphatic rings. The summed E-state index contributed by atoms with van der Waals surface area (Å²) in [6.07, 6.45) is 8.63. The van der Waals surface area contributed by atoms with Crippen molar-refractivity contribution < 1.29 is 26.2 Å². The summed E-state index contributed by atoms with van der Waals surface area (Å²) in [4.78, 5) is 0. The number of allylic oxidation sites excluding steroid dienone is 8. The Morgan fingerprint density at radius 3 is 0.947 bits per heavy atom. The van der Waals surface area contributed by atoms with E-state index in [1.165, 1.54) is 33.4 Å². The summed E-state index contributed by atoms with van der Waals surface area (Å²) in [6, 6.07) is 0. The zero-order valence-electron chi connectivity index (χ0n) is 12.7. The topological polar surface area (TPSA) is 0 Å². The summed E-state index contributed by atoms with van der Waals surface area (Å²) in [5.74, 6) is 0. The van der Waals surface area contributed by atoms with Crippen molar-refractivity contribution in [1.82, 2.24) is 0 Å². The van der Waals surface area contributed by atoms with Gasteiger partial charge in [-0.2, -0.15) is 22.3 Å². The van der Waals surface area contributed by atoms with Crippen molar-refractivity contribution in [2.45, 2.75) is 54.4 Å². The first-order valence-corrected chi connectivity index (χ1v) is 5.91. The van der Waals surface area contributed by atoms with Gasteiger partial charge in [0.05, 0.1) is 0 Å². The van der Waals surface area contributed by atoms with Crippen LogP contribution in [0.15, 0.2) is 33.4 Å². The van der Waals surface area contributed by atoms with E-state index in [0.29, 0.717) is 0 Å². The van der Waals surface area contributed by atoms with Crippen molar-refractivity contribution in [2.24, 2.45) is 0 Å². The quantitative estimate of drug-likeness (QED) is 0.468. The van der Waals surface area contributed by atoms with Crippen LogP contribution in [0.2, 0.25) is 0 Å². The number of halogens is 2. The van der Waals surface area contributed by atoms with E-state index >= 15 is 0 Å². The summed E-state index contributed by atoms with van der Waals surface area (Å²) in [5.41, 5.74) is 8.49. The molecule has 0 aromatic heterocycles. The van der Waals surface area contributed by atoms with Gasteiger partial charge in [0.15, 0.2) is 0 Å². The van der Waals surface area contributed by atoms with E-state index in [9.17, 15) is 0 Å². The molecule has 0 spiro atoms. The molecule has 0 amide bonds. The first-order valence-electron chi connectivity index (χ1n) is 5.91. The van der Waals surface area contributed by atoms with Crippen LogP contribution in [0.25, 0.3) is 0 Å². The normalized spacial score (nSPS) is 16.5. The predicted octanol–water partition coefficient (Wildman–Crippen LogP) is 5.79. The van der Waals surface area contributed by atoms with Crippen molar-refractivity contribution in [1.29, 1.82) is 0 Å². The molecule has 2 aliphatic carbocycles. The molecule has 0 radical (unpaired) electrons. The van der Waals surface area contributed by atoms with Crippen LogP contribution < -0.4 is 0 Å². The molecular formula is C16H24Cl2Zr. The molecule has 19 heavy (non-hydrogen) atoms. The molecule has 0 fully saturated rings. The maximum absolute atomic E-state index is 3.26. The fourth-order valence-electron chi connectivity index (χ4n) is 1.70. The Morgan fingerprint density at radius 1 is 0.632 bits per heavy atom. The molecule has 0 bridgehead atoms. The molecule has 3 heteroatoms. The van der Waals surface area contributed by atoms with E-state index in [1.54, 1.807) is 0 Å². The van der Waals surface area contributed by atoms with Gasteiger partial charge in [0.2, 0.25) is 0 Å². The van der Waals surface area contributed by atoms with Gasteiger partial charge < -0.3 is 0 Å². The molecule has 0 saturated carbocycles. The Morgan fingerprint density at radius 2 is 0.895 bits per heavy atom. The van der Waals surface area contributed by atoms with Gasteiger partial charge in [-0.3, -0.25) is 12.2 Å². The number of hydrogen-bond acceptors (Lipinski definition) is 0. The first kappa shape index (κ1) is 24.4. The van der Waals surface area contributed by atoms with E-state index in [1.807, 2.05) is 0 Å². The second-order valence-electron chi connectivity index (χ2n) is 4.77. The Balaban J connectivity index is -0.000000233. The molecule has 0 N–H and O–H groups in total. The van der Waals surface area contributed by atoms with Crippen LogP contribution in [0.3, 0.4) is 0 Å². The van der Waals surface area contributed by atoms with Crippen LogP contribution in [-0.4, -0.2) is 0 Å². The zero-order valence-corrected chi connectivity index (χ0v) is 16.8. The number of hydrogen-bond donors (Lipinski definition) is 0. The van der Waals surface area contributed by atoms with Gasteiger partial charge in [-0.25, -0.2) is 11.1 Å².